The molecule has 1 fully saturated rings. The number of aromatic nitrogens is 1. The van der Waals surface area contributed by atoms with Gasteiger partial charge in [0.05, 0.1) is 12.2 Å². The van der Waals surface area contributed by atoms with Crippen LogP contribution in [0.15, 0.2) is 36.5 Å². The van der Waals surface area contributed by atoms with Crippen LogP contribution < -0.4 is 20.3 Å². The lowest BCUT2D eigenvalue weighted by Crippen LogP contribution is -2.44. The van der Waals surface area contributed by atoms with Crippen molar-refractivity contribution < 1.29 is 9.53 Å². The highest BCUT2D eigenvalue weighted by atomic mass is 32.1. The van der Waals surface area contributed by atoms with E-state index in [1.54, 1.807) is 12.3 Å². The second kappa shape index (κ2) is 11.8. The largest absolute Gasteiger partial charge is 0.493 e. The summed E-state index contributed by atoms with van der Waals surface area (Å²) in [6.07, 6.45) is 4.99. The molecule has 1 aliphatic rings. The standard InChI is InChI=1S/C24H33N5O2S/c1-4-5-6-15-31-21-9-8-20(16-18(21)2)26-24(32)27-23(30)19-7-10-22(25-17-19)29-13-11-28(3)12-14-29/h7-10,16-17H,4-6,11-15H2,1-3H3,(H2,26,27,30,32). The molecule has 0 spiro atoms. The van der Waals surface area contributed by atoms with Gasteiger partial charge in [0, 0.05) is 38.1 Å². The summed E-state index contributed by atoms with van der Waals surface area (Å²) in [5.74, 6) is 1.48. The van der Waals surface area contributed by atoms with Gasteiger partial charge in [0.2, 0.25) is 0 Å². The van der Waals surface area contributed by atoms with Gasteiger partial charge in [-0.1, -0.05) is 19.8 Å². The molecule has 0 radical (unpaired) electrons. The molecule has 1 aromatic heterocycles. The number of benzene rings is 1. The molecule has 2 N–H and O–H groups in total. The van der Waals surface area contributed by atoms with Crippen molar-refractivity contribution >= 4 is 34.7 Å². The zero-order valence-corrected chi connectivity index (χ0v) is 20.0. The van der Waals surface area contributed by atoms with Gasteiger partial charge in [-0.3, -0.25) is 10.1 Å². The molecule has 3 rings (SSSR count). The average Bonchev–Trinajstić information content (AvgIpc) is 2.78. The normalized spacial score (nSPS) is 14.2. The lowest BCUT2D eigenvalue weighted by atomic mass is 10.2. The maximum Gasteiger partial charge on any atom is 0.258 e. The first-order chi connectivity index (χ1) is 15.5. The van der Waals surface area contributed by atoms with E-state index < -0.39 is 0 Å². The first-order valence-corrected chi connectivity index (χ1v) is 11.6. The summed E-state index contributed by atoms with van der Waals surface area (Å²) in [5.41, 5.74) is 2.29. The third kappa shape index (κ3) is 6.90. The molecule has 0 saturated carbocycles. The van der Waals surface area contributed by atoms with Crippen molar-refractivity contribution in [2.75, 3.05) is 50.1 Å². The van der Waals surface area contributed by atoms with E-state index >= 15 is 0 Å². The number of thiocarbonyl (C=S) groups is 1. The van der Waals surface area contributed by atoms with Crippen molar-refractivity contribution in [3.05, 3.63) is 47.7 Å². The van der Waals surface area contributed by atoms with E-state index in [4.69, 9.17) is 17.0 Å². The quantitative estimate of drug-likeness (QED) is 0.463. The Kier molecular flexibility index (Phi) is 8.81. The minimum atomic E-state index is -0.285. The van der Waals surface area contributed by atoms with E-state index in [0.717, 1.165) is 62.0 Å². The molecule has 7 nitrogen and oxygen atoms in total. The Labute approximate surface area is 196 Å². The van der Waals surface area contributed by atoms with Gasteiger partial charge in [0.15, 0.2) is 5.11 Å². The molecule has 2 aromatic rings. The molecule has 172 valence electrons. The molecule has 0 atom stereocenters. The number of carbonyl (C=O) groups excluding carboxylic acids is 1. The fourth-order valence-electron chi connectivity index (χ4n) is 3.50. The number of carbonyl (C=O) groups is 1. The van der Waals surface area contributed by atoms with Crippen molar-refractivity contribution in [3.63, 3.8) is 0 Å². The zero-order valence-electron chi connectivity index (χ0n) is 19.2. The van der Waals surface area contributed by atoms with Gasteiger partial charge in [0.25, 0.3) is 5.91 Å². The highest BCUT2D eigenvalue weighted by Crippen LogP contribution is 2.22. The Morgan fingerprint density at radius 1 is 1.16 bits per heavy atom. The maximum absolute atomic E-state index is 12.5. The Bertz CT molecular complexity index is 911. The first kappa shape index (κ1) is 23.9. The number of nitrogens with zero attached hydrogens (tertiary/aromatic N) is 3. The third-order valence-corrected chi connectivity index (χ3v) is 5.71. The van der Waals surface area contributed by atoms with Crippen LogP contribution in [0.3, 0.4) is 0 Å². The average molecular weight is 456 g/mol. The van der Waals surface area contributed by atoms with Crippen LogP contribution >= 0.6 is 12.2 Å². The number of pyridine rings is 1. The highest BCUT2D eigenvalue weighted by Gasteiger charge is 2.16. The van der Waals surface area contributed by atoms with Crippen molar-refractivity contribution in [2.45, 2.75) is 33.1 Å². The van der Waals surface area contributed by atoms with Gasteiger partial charge in [-0.25, -0.2) is 4.98 Å². The van der Waals surface area contributed by atoms with E-state index in [9.17, 15) is 4.79 Å². The number of aryl methyl sites for hydroxylation is 1. The number of ether oxygens (including phenoxy) is 1. The number of nitrogens with one attached hydrogen (secondary N) is 2. The van der Waals surface area contributed by atoms with Crippen LogP contribution in [0.1, 0.15) is 42.1 Å². The minimum Gasteiger partial charge on any atom is -0.493 e. The van der Waals surface area contributed by atoms with E-state index in [1.807, 2.05) is 31.2 Å². The van der Waals surface area contributed by atoms with Gasteiger partial charge in [-0.15, -0.1) is 0 Å². The predicted molar refractivity (Wildman–Crippen MR) is 134 cm³/mol. The Morgan fingerprint density at radius 2 is 1.94 bits per heavy atom. The molecule has 0 unspecified atom stereocenters. The Balaban J connectivity index is 1.50. The van der Waals surface area contributed by atoms with Crippen molar-refractivity contribution in [3.8, 4) is 5.75 Å². The topological polar surface area (TPSA) is 69.7 Å². The summed E-state index contributed by atoms with van der Waals surface area (Å²) in [6, 6.07) is 9.45. The van der Waals surface area contributed by atoms with E-state index in [-0.39, 0.29) is 11.0 Å². The smallest absolute Gasteiger partial charge is 0.258 e. The van der Waals surface area contributed by atoms with Crippen LogP contribution in [0.5, 0.6) is 5.75 Å². The number of hydrogen-bond donors (Lipinski definition) is 2. The lowest BCUT2D eigenvalue weighted by Gasteiger charge is -2.33. The number of anilines is 2. The number of hydrogen-bond acceptors (Lipinski definition) is 6. The molecular weight excluding hydrogens is 422 g/mol. The molecule has 0 bridgehead atoms. The molecular formula is C24H33N5O2S. The third-order valence-electron chi connectivity index (χ3n) is 5.50. The fourth-order valence-corrected chi connectivity index (χ4v) is 3.71. The van der Waals surface area contributed by atoms with Crippen LogP contribution in [0.2, 0.25) is 0 Å². The van der Waals surface area contributed by atoms with Crippen molar-refractivity contribution in [2.24, 2.45) is 0 Å². The summed E-state index contributed by atoms with van der Waals surface area (Å²) in [5, 5.41) is 6.03. The first-order valence-electron chi connectivity index (χ1n) is 11.2. The predicted octanol–water partition coefficient (Wildman–Crippen LogP) is 3.84. The van der Waals surface area contributed by atoms with Gasteiger partial charge in [-0.05, 0) is 68.5 Å². The summed E-state index contributed by atoms with van der Waals surface area (Å²) < 4.78 is 5.84. The maximum atomic E-state index is 12.5. The Morgan fingerprint density at radius 3 is 2.59 bits per heavy atom. The summed E-state index contributed by atoms with van der Waals surface area (Å²) in [6.45, 7) is 8.78. The minimum absolute atomic E-state index is 0.245. The molecule has 0 aliphatic carbocycles. The van der Waals surface area contributed by atoms with E-state index in [0.29, 0.717) is 5.56 Å². The fraction of sp³-hybridized carbons (Fsp3) is 0.458. The van der Waals surface area contributed by atoms with Crippen LogP contribution in [0.4, 0.5) is 11.5 Å². The van der Waals surface area contributed by atoms with E-state index in [2.05, 4.69) is 39.4 Å². The van der Waals surface area contributed by atoms with Gasteiger partial charge < -0.3 is 19.9 Å². The van der Waals surface area contributed by atoms with Gasteiger partial charge in [0.1, 0.15) is 11.6 Å². The molecule has 2 heterocycles. The second-order valence-corrected chi connectivity index (χ2v) is 8.55. The number of amides is 1. The number of piperazine rings is 1. The molecule has 1 aromatic carbocycles. The van der Waals surface area contributed by atoms with Crippen LogP contribution in [-0.4, -0.2) is 60.7 Å². The van der Waals surface area contributed by atoms with Crippen LogP contribution in [0, 0.1) is 6.92 Å². The summed E-state index contributed by atoms with van der Waals surface area (Å²) in [7, 11) is 2.12. The van der Waals surface area contributed by atoms with E-state index in [1.165, 1.54) is 12.8 Å². The SMILES string of the molecule is CCCCCOc1ccc(NC(=S)NC(=O)c2ccc(N3CCN(C)CC3)nc2)cc1C. The highest BCUT2D eigenvalue weighted by molar-refractivity contribution is 7.80. The molecule has 32 heavy (non-hydrogen) atoms. The molecule has 8 heteroatoms. The van der Waals surface area contributed by atoms with Crippen LogP contribution in [-0.2, 0) is 0 Å². The molecule has 1 amide bonds. The monoisotopic (exact) mass is 455 g/mol. The zero-order chi connectivity index (χ0) is 22.9. The van der Waals surface area contributed by atoms with Crippen molar-refractivity contribution in [1.29, 1.82) is 0 Å². The number of unbranched alkanes of at least 4 members (excludes halogenated alkanes) is 2. The molecule has 1 saturated heterocycles. The molecule has 1 aliphatic heterocycles. The lowest BCUT2D eigenvalue weighted by molar-refractivity contribution is 0.0977. The number of rotatable bonds is 8. The van der Waals surface area contributed by atoms with Crippen LogP contribution in [0.25, 0.3) is 0 Å². The number of likely N-dealkylation sites (N-methyl/N-ethyl adjacent to an activating group) is 1. The summed E-state index contributed by atoms with van der Waals surface area (Å²) in [4.78, 5) is 21.5. The van der Waals surface area contributed by atoms with Crippen molar-refractivity contribution in [1.82, 2.24) is 15.2 Å². The van der Waals surface area contributed by atoms with Gasteiger partial charge in [-0.2, -0.15) is 0 Å². The Hall–Kier alpha value is -2.71. The van der Waals surface area contributed by atoms with Gasteiger partial charge >= 0.3 is 0 Å². The summed E-state index contributed by atoms with van der Waals surface area (Å²) >= 11 is 5.32. The second-order valence-electron chi connectivity index (χ2n) is 8.14.